The molecule has 2 heterocycles. The minimum Gasteiger partial charge on any atom is -0.297 e. The van der Waals surface area contributed by atoms with Gasteiger partial charge in [-0.25, -0.2) is 9.48 Å². The molecule has 7 heteroatoms. The predicted molar refractivity (Wildman–Crippen MR) is 72.8 cm³/mol. The van der Waals surface area contributed by atoms with Crippen molar-refractivity contribution in [3.63, 3.8) is 0 Å². The Hall–Kier alpha value is -2.18. The van der Waals surface area contributed by atoms with Gasteiger partial charge in [-0.1, -0.05) is 5.21 Å². The van der Waals surface area contributed by atoms with Gasteiger partial charge in [-0.3, -0.25) is 13.9 Å². The summed E-state index contributed by atoms with van der Waals surface area (Å²) in [7, 11) is 0. The zero-order chi connectivity index (χ0) is 14.3. The highest BCUT2D eigenvalue weighted by atomic mass is 16.2. The largest absolute Gasteiger partial charge is 0.331 e. The first kappa shape index (κ1) is 12.8. The third kappa shape index (κ3) is 2.09. The van der Waals surface area contributed by atoms with Crippen LogP contribution in [0.4, 0.5) is 0 Å². The Bertz CT molecular complexity index is 751. The van der Waals surface area contributed by atoms with Crippen molar-refractivity contribution in [3.8, 4) is 0 Å². The number of aryl methyl sites for hydroxylation is 2. The second-order valence-electron chi connectivity index (χ2n) is 5.10. The standard InChI is InChI=1S/C13H17N5O2/c1-3-18-11(9(2)14-15-18)8-17-12(19)6-7-16(13(17)20)10-4-5-10/h6-7,10H,3-5,8H2,1-2H3. The topological polar surface area (TPSA) is 74.7 Å². The molecule has 0 bridgehead atoms. The average Bonchev–Trinajstić information content (AvgIpc) is 3.20. The van der Waals surface area contributed by atoms with Crippen LogP contribution in [0.15, 0.2) is 21.9 Å². The van der Waals surface area contributed by atoms with Gasteiger partial charge in [0.25, 0.3) is 5.56 Å². The molecule has 0 N–H and O–H groups in total. The molecule has 106 valence electrons. The highest BCUT2D eigenvalue weighted by Gasteiger charge is 2.25. The van der Waals surface area contributed by atoms with Crippen molar-refractivity contribution in [2.24, 2.45) is 0 Å². The van der Waals surface area contributed by atoms with E-state index in [1.54, 1.807) is 15.4 Å². The van der Waals surface area contributed by atoms with Crippen molar-refractivity contribution in [1.29, 1.82) is 0 Å². The molecule has 7 nitrogen and oxygen atoms in total. The predicted octanol–water partition coefficient (Wildman–Crippen LogP) is 0.313. The first-order valence-electron chi connectivity index (χ1n) is 6.82. The molecule has 20 heavy (non-hydrogen) atoms. The van der Waals surface area contributed by atoms with Crippen LogP contribution in [0.1, 0.15) is 37.2 Å². The zero-order valence-corrected chi connectivity index (χ0v) is 11.6. The molecular weight excluding hydrogens is 258 g/mol. The van der Waals surface area contributed by atoms with Gasteiger partial charge in [-0.2, -0.15) is 0 Å². The van der Waals surface area contributed by atoms with Crippen LogP contribution in [0.5, 0.6) is 0 Å². The van der Waals surface area contributed by atoms with E-state index in [2.05, 4.69) is 10.3 Å². The van der Waals surface area contributed by atoms with E-state index < -0.39 is 0 Å². The Morgan fingerprint density at radius 2 is 2.10 bits per heavy atom. The number of nitrogens with zero attached hydrogens (tertiary/aromatic N) is 5. The minimum atomic E-state index is -0.282. The van der Waals surface area contributed by atoms with Crippen molar-refractivity contribution >= 4 is 0 Å². The van der Waals surface area contributed by atoms with E-state index in [0.29, 0.717) is 6.54 Å². The van der Waals surface area contributed by atoms with Crippen LogP contribution in [0.25, 0.3) is 0 Å². The number of rotatable bonds is 4. The normalized spacial score (nSPS) is 14.7. The van der Waals surface area contributed by atoms with Gasteiger partial charge >= 0.3 is 5.69 Å². The summed E-state index contributed by atoms with van der Waals surface area (Å²) in [4.78, 5) is 24.4. The van der Waals surface area contributed by atoms with E-state index in [4.69, 9.17) is 0 Å². The number of hydrogen-bond donors (Lipinski definition) is 0. The molecule has 1 saturated carbocycles. The Balaban J connectivity index is 2.06. The summed E-state index contributed by atoms with van der Waals surface area (Å²) in [6.45, 7) is 4.67. The first-order chi connectivity index (χ1) is 9.61. The highest BCUT2D eigenvalue weighted by Crippen LogP contribution is 2.32. The van der Waals surface area contributed by atoms with Gasteiger partial charge in [0.15, 0.2) is 0 Å². The zero-order valence-electron chi connectivity index (χ0n) is 11.6. The molecule has 0 aliphatic heterocycles. The smallest absolute Gasteiger partial charge is 0.297 e. The van der Waals surface area contributed by atoms with Crippen molar-refractivity contribution in [3.05, 3.63) is 44.5 Å². The molecular formula is C13H17N5O2. The van der Waals surface area contributed by atoms with Crippen molar-refractivity contribution < 1.29 is 0 Å². The van der Waals surface area contributed by atoms with Crippen LogP contribution in [0.3, 0.4) is 0 Å². The molecule has 2 aromatic heterocycles. The van der Waals surface area contributed by atoms with E-state index >= 15 is 0 Å². The molecule has 0 aromatic carbocycles. The van der Waals surface area contributed by atoms with E-state index in [9.17, 15) is 9.59 Å². The van der Waals surface area contributed by atoms with Crippen LogP contribution in [-0.2, 0) is 13.1 Å². The summed E-state index contributed by atoms with van der Waals surface area (Å²) in [5, 5.41) is 8.00. The molecule has 0 radical (unpaired) electrons. The quantitative estimate of drug-likeness (QED) is 0.805. The summed E-state index contributed by atoms with van der Waals surface area (Å²) < 4.78 is 4.63. The number of aromatic nitrogens is 5. The first-order valence-corrected chi connectivity index (χ1v) is 6.82. The second kappa shape index (κ2) is 4.73. The molecule has 0 saturated heterocycles. The molecule has 1 aliphatic rings. The van der Waals surface area contributed by atoms with Crippen LogP contribution < -0.4 is 11.2 Å². The van der Waals surface area contributed by atoms with Gasteiger partial charge in [0.2, 0.25) is 0 Å². The van der Waals surface area contributed by atoms with Crippen molar-refractivity contribution in [2.45, 2.75) is 45.8 Å². The third-order valence-electron chi connectivity index (χ3n) is 3.68. The van der Waals surface area contributed by atoms with Gasteiger partial charge in [-0.05, 0) is 26.7 Å². The summed E-state index contributed by atoms with van der Waals surface area (Å²) >= 11 is 0. The lowest BCUT2D eigenvalue weighted by atomic mass is 10.3. The fraction of sp³-hybridized carbons (Fsp3) is 0.538. The molecule has 2 aromatic rings. The summed E-state index contributed by atoms with van der Waals surface area (Å²) in [6.07, 6.45) is 3.61. The summed E-state index contributed by atoms with van der Waals surface area (Å²) in [5.41, 5.74) is 1.03. The highest BCUT2D eigenvalue weighted by molar-refractivity contribution is 5.09. The van der Waals surface area contributed by atoms with Gasteiger partial charge in [-0.15, -0.1) is 5.10 Å². The van der Waals surface area contributed by atoms with Gasteiger partial charge in [0, 0.05) is 24.8 Å². The number of hydrogen-bond acceptors (Lipinski definition) is 4. The molecule has 0 atom stereocenters. The Labute approximate surface area is 115 Å². The van der Waals surface area contributed by atoms with E-state index in [1.165, 1.54) is 10.6 Å². The summed E-state index contributed by atoms with van der Waals surface area (Å²) in [6, 6.07) is 1.71. The van der Waals surface area contributed by atoms with Gasteiger partial charge in [0.1, 0.15) is 0 Å². The van der Waals surface area contributed by atoms with Gasteiger partial charge < -0.3 is 0 Å². The fourth-order valence-corrected chi connectivity index (χ4v) is 2.33. The van der Waals surface area contributed by atoms with E-state index in [1.807, 2.05) is 13.8 Å². The third-order valence-corrected chi connectivity index (χ3v) is 3.68. The van der Waals surface area contributed by atoms with Crippen LogP contribution in [0.2, 0.25) is 0 Å². The minimum absolute atomic E-state index is 0.220. The van der Waals surface area contributed by atoms with Crippen LogP contribution in [0, 0.1) is 6.92 Å². The molecule has 0 unspecified atom stereocenters. The average molecular weight is 275 g/mol. The maximum Gasteiger partial charge on any atom is 0.331 e. The molecule has 0 spiro atoms. The maximum absolute atomic E-state index is 12.4. The SMILES string of the molecule is CCn1nnc(C)c1Cn1c(=O)ccn(C2CC2)c1=O. The Morgan fingerprint density at radius 1 is 1.35 bits per heavy atom. The Kier molecular flexibility index (Phi) is 3.04. The van der Waals surface area contributed by atoms with Crippen molar-refractivity contribution in [1.82, 2.24) is 24.1 Å². The summed E-state index contributed by atoms with van der Waals surface area (Å²) in [5.74, 6) is 0. The molecule has 1 fully saturated rings. The van der Waals surface area contributed by atoms with Gasteiger partial charge in [0.05, 0.1) is 17.9 Å². The molecule has 3 rings (SSSR count). The van der Waals surface area contributed by atoms with Crippen LogP contribution in [-0.4, -0.2) is 24.1 Å². The second-order valence-corrected chi connectivity index (χ2v) is 5.10. The maximum atomic E-state index is 12.4. The lowest BCUT2D eigenvalue weighted by Gasteiger charge is -2.10. The Morgan fingerprint density at radius 3 is 2.75 bits per heavy atom. The fourth-order valence-electron chi connectivity index (χ4n) is 2.33. The van der Waals surface area contributed by atoms with Crippen LogP contribution >= 0.6 is 0 Å². The lowest BCUT2D eigenvalue weighted by Crippen LogP contribution is -2.39. The van der Waals surface area contributed by atoms with E-state index in [0.717, 1.165) is 24.2 Å². The van der Waals surface area contributed by atoms with Crippen molar-refractivity contribution in [2.75, 3.05) is 0 Å². The molecule has 0 amide bonds. The molecule has 1 aliphatic carbocycles. The lowest BCUT2D eigenvalue weighted by molar-refractivity contribution is 0.544. The monoisotopic (exact) mass is 275 g/mol. The van der Waals surface area contributed by atoms with E-state index in [-0.39, 0.29) is 23.8 Å².